The number of aryl methyl sites for hydroxylation is 3. The molecule has 3 N–H and O–H groups in total. The molecule has 0 radical (unpaired) electrons. The third kappa shape index (κ3) is 2.92. The van der Waals surface area contributed by atoms with Gasteiger partial charge in [0.1, 0.15) is 0 Å². The zero-order chi connectivity index (χ0) is 15.9. The van der Waals surface area contributed by atoms with Crippen molar-refractivity contribution in [1.29, 1.82) is 0 Å². The van der Waals surface area contributed by atoms with E-state index in [2.05, 4.69) is 5.32 Å². The topological polar surface area (TPSA) is 89.3 Å². The number of hydrogen-bond acceptors (Lipinski definition) is 4. The molecule has 0 fully saturated rings. The summed E-state index contributed by atoms with van der Waals surface area (Å²) in [5.41, 5.74) is 2.23. The molecule has 1 aliphatic carbocycles. The lowest BCUT2D eigenvalue weighted by Crippen LogP contribution is -2.15. The van der Waals surface area contributed by atoms with Crippen LogP contribution in [0.25, 0.3) is 0 Å². The van der Waals surface area contributed by atoms with Crippen molar-refractivity contribution >= 4 is 33.0 Å². The van der Waals surface area contributed by atoms with E-state index in [1.54, 1.807) is 19.1 Å². The molecule has 1 aliphatic rings. The van der Waals surface area contributed by atoms with Gasteiger partial charge >= 0.3 is 0 Å². The average Bonchev–Trinajstić information content (AvgIpc) is 3.00. The maximum atomic E-state index is 12.3. The third-order valence-corrected chi connectivity index (χ3v) is 6.01. The van der Waals surface area contributed by atoms with Crippen molar-refractivity contribution in [3.05, 3.63) is 45.1 Å². The molecular weight excluding hydrogens is 320 g/mol. The van der Waals surface area contributed by atoms with Gasteiger partial charge in [-0.2, -0.15) is 0 Å². The minimum Gasteiger partial charge on any atom is -0.321 e. The second-order valence-corrected chi connectivity index (χ2v) is 8.06. The molecule has 2 aromatic rings. The van der Waals surface area contributed by atoms with Gasteiger partial charge in [0.05, 0.1) is 9.77 Å². The molecule has 0 spiro atoms. The van der Waals surface area contributed by atoms with Crippen LogP contribution in [-0.4, -0.2) is 14.3 Å². The highest BCUT2D eigenvalue weighted by Gasteiger charge is 2.19. The van der Waals surface area contributed by atoms with E-state index in [4.69, 9.17) is 5.14 Å². The van der Waals surface area contributed by atoms with Crippen LogP contribution in [0.1, 0.15) is 32.1 Å². The van der Waals surface area contributed by atoms with E-state index in [-0.39, 0.29) is 10.8 Å². The first-order valence-corrected chi connectivity index (χ1v) is 9.27. The molecule has 116 valence electrons. The summed E-state index contributed by atoms with van der Waals surface area (Å²) >= 11 is 1.51. The van der Waals surface area contributed by atoms with Crippen molar-refractivity contribution < 1.29 is 13.2 Å². The van der Waals surface area contributed by atoms with E-state index in [1.165, 1.54) is 27.8 Å². The predicted molar refractivity (Wildman–Crippen MR) is 86.8 cm³/mol. The number of hydrogen-bond donors (Lipinski definition) is 2. The van der Waals surface area contributed by atoms with Crippen molar-refractivity contribution in [1.82, 2.24) is 0 Å². The second kappa shape index (κ2) is 5.49. The third-order valence-electron chi connectivity index (χ3n) is 3.72. The number of nitrogens with one attached hydrogen (secondary N) is 1. The number of benzene rings is 1. The summed E-state index contributed by atoms with van der Waals surface area (Å²) in [5.74, 6) is -0.219. The number of rotatable bonds is 3. The van der Waals surface area contributed by atoms with Gasteiger partial charge in [-0.25, -0.2) is 13.6 Å². The second-order valence-electron chi connectivity index (χ2n) is 5.39. The van der Waals surface area contributed by atoms with Gasteiger partial charge in [0.2, 0.25) is 10.0 Å². The summed E-state index contributed by atoms with van der Waals surface area (Å²) in [6, 6.07) is 6.62. The lowest BCUT2D eigenvalue weighted by molar-refractivity contribution is 0.103. The molecule has 0 bridgehead atoms. The lowest BCUT2D eigenvalue weighted by Gasteiger charge is -2.08. The van der Waals surface area contributed by atoms with Crippen molar-refractivity contribution in [3.63, 3.8) is 0 Å². The Bertz CT molecular complexity index is 832. The van der Waals surface area contributed by atoms with Crippen molar-refractivity contribution in [2.75, 3.05) is 5.32 Å². The summed E-state index contributed by atoms with van der Waals surface area (Å²) in [5, 5.41) is 7.92. The summed E-state index contributed by atoms with van der Waals surface area (Å²) < 4.78 is 23.0. The molecule has 0 saturated heterocycles. The zero-order valence-electron chi connectivity index (χ0n) is 12.0. The van der Waals surface area contributed by atoms with Crippen LogP contribution >= 0.6 is 11.3 Å². The van der Waals surface area contributed by atoms with Gasteiger partial charge in [-0.05, 0) is 55.5 Å². The van der Waals surface area contributed by atoms with E-state index in [9.17, 15) is 13.2 Å². The fourth-order valence-corrected chi connectivity index (χ4v) is 4.57. The minimum atomic E-state index is -3.80. The Labute approximate surface area is 133 Å². The van der Waals surface area contributed by atoms with Crippen LogP contribution in [0.2, 0.25) is 0 Å². The summed E-state index contributed by atoms with van der Waals surface area (Å²) in [4.78, 5) is 14.2. The van der Waals surface area contributed by atoms with Crippen LogP contribution in [-0.2, 0) is 22.9 Å². The maximum Gasteiger partial charge on any atom is 0.265 e. The van der Waals surface area contributed by atoms with Gasteiger partial charge in [0, 0.05) is 10.6 Å². The molecule has 1 amide bonds. The van der Waals surface area contributed by atoms with Crippen LogP contribution in [0.5, 0.6) is 0 Å². The van der Waals surface area contributed by atoms with Crippen LogP contribution in [0.15, 0.2) is 29.2 Å². The summed E-state index contributed by atoms with van der Waals surface area (Å²) in [6.45, 7) is 1.66. The van der Waals surface area contributed by atoms with Gasteiger partial charge in [0.15, 0.2) is 0 Å². The standard InChI is InChI=1S/C15H16N2O3S2/c1-9-5-6-11(8-14(9)22(16,19)20)17-15(18)13-7-10-3-2-4-12(10)21-13/h5-8H,2-4H2,1H3,(H,17,18)(H2,16,19,20). The van der Waals surface area contributed by atoms with Crippen molar-refractivity contribution in [2.24, 2.45) is 5.14 Å². The molecule has 1 heterocycles. The van der Waals surface area contributed by atoms with Crippen LogP contribution in [0, 0.1) is 6.92 Å². The Hall–Kier alpha value is -1.70. The Morgan fingerprint density at radius 3 is 2.73 bits per heavy atom. The molecule has 0 saturated carbocycles. The molecule has 7 heteroatoms. The first-order chi connectivity index (χ1) is 10.3. The van der Waals surface area contributed by atoms with E-state index < -0.39 is 10.0 Å². The molecule has 22 heavy (non-hydrogen) atoms. The Morgan fingerprint density at radius 1 is 1.27 bits per heavy atom. The first kappa shape index (κ1) is 15.2. The number of carbonyl (C=O) groups excluding carboxylic acids is 1. The number of primary sulfonamides is 1. The lowest BCUT2D eigenvalue weighted by atomic mass is 10.2. The number of sulfonamides is 1. The van der Waals surface area contributed by atoms with Crippen LogP contribution in [0.3, 0.4) is 0 Å². The molecule has 0 atom stereocenters. The fraction of sp³-hybridized carbons (Fsp3) is 0.267. The quantitative estimate of drug-likeness (QED) is 0.902. The summed E-state index contributed by atoms with van der Waals surface area (Å²) in [6.07, 6.45) is 3.21. The molecule has 5 nitrogen and oxygen atoms in total. The van der Waals surface area contributed by atoms with E-state index in [0.717, 1.165) is 19.3 Å². The van der Waals surface area contributed by atoms with Crippen molar-refractivity contribution in [2.45, 2.75) is 31.1 Å². The number of nitrogens with two attached hydrogens (primary N) is 1. The Kier molecular flexibility index (Phi) is 3.80. The fourth-order valence-electron chi connectivity index (χ4n) is 2.62. The molecule has 1 aromatic carbocycles. The zero-order valence-corrected chi connectivity index (χ0v) is 13.7. The molecule has 3 rings (SSSR count). The SMILES string of the molecule is Cc1ccc(NC(=O)c2cc3c(s2)CCC3)cc1S(N)(=O)=O. The van der Waals surface area contributed by atoms with E-state index in [1.807, 2.05) is 6.07 Å². The van der Waals surface area contributed by atoms with E-state index >= 15 is 0 Å². The van der Waals surface area contributed by atoms with E-state index in [0.29, 0.717) is 16.1 Å². The molecule has 0 aliphatic heterocycles. The maximum absolute atomic E-state index is 12.3. The highest BCUT2D eigenvalue weighted by atomic mass is 32.2. The number of carbonyl (C=O) groups is 1. The normalized spacial score (nSPS) is 13.9. The Balaban J connectivity index is 1.85. The highest BCUT2D eigenvalue weighted by molar-refractivity contribution is 7.89. The molecular formula is C15H16N2O3S2. The first-order valence-electron chi connectivity index (χ1n) is 6.91. The number of fused-ring (bicyclic) bond motifs is 1. The van der Waals surface area contributed by atoms with Crippen molar-refractivity contribution in [3.8, 4) is 0 Å². The van der Waals surface area contributed by atoms with Crippen LogP contribution in [0.4, 0.5) is 5.69 Å². The highest BCUT2D eigenvalue weighted by Crippen LogP contribution is 2.31. The number of anilines is 1. The Morgan fingerprint density at radius 2 is 2.05 bits per heavy atom. The monoisotopic (exact) mass is 336 g/mol. The van der Waals surface area contributed by atoms with Crippen LogP contribution < -0.4 is 10.5 Å². The summed E-state index contributed by atoms with van der Waals surface area (Å²) in [7, 11) is -3.80. The molecule has 0 unspecified atom stereocenters. The predicted octanol–water partition coefficient (Wildman–Crippen LogP) is 2.44. The average molecular weight is 336 g/mol. The van der Waals surface area contributed by atoms with Gasteiger partial charge in [0.25, 0.3) is 5.91 Å². The number of thiophene rings is 1. The minimum absolute atomic E-state index is 0.0268. The van der Waals surface area contributed by atoms with Gasteiger partial charge in [-0.15, -0.1) is 11.3 Å². The molecule has 1 aromatic heterocycles. The van der Waals surface area contributed by atoms with Gasteiger partial charge < -0.3 is 5.32 Å². The largest absolute Gasteiger partial charge is 0.321 e. The number of amides is 1. The van der Waals surface area contributed by atoms with Gasteiger partial charge in [-0.1, -0.05) is 6.07 Å². The van der Waals surface area contributed by atoms with Gasteiger partial charge in [-0.3, -0.25) is 4.79 Å². The smallest absolute Gasteiger partial charge is 0.265 e.